The fourth-order valence-electron chi connectivity index (χ4n) is 1.65. The molecule has 0 bridgehead atoms. The van der Waals surface area contributed by atoms with Gasteiger partial charge in [-0.3, -0.25) is 4.21 Å². The predicted molar refractivity (Wildman–Crippen MR) is 70.3 cm³/mol. The van der Waals surface area contributed by atoms with Crippen molar-refractivity contribution in [2.24, 2.45) is 0 Å². The lowest BCUT2D eigenvalue weighted by atomic mass is 10.2. The fraction of sp³-hybridized carbons (Fsp3) is 0. The van der Waals surface area contributed by atoms with Crippen LogP contribution in [0.1, 0.15) is 5.89 Å². The summed E-state index contributed by atoms with van der Waals surface area (Å²) < 4.78 is 26.7. The Morgan fingerprint density at radius 2 is 2.00 bits per heavy atom. The maximum atomic E-state index is 10.8. The normalized spacial score (nSPS) is 15.2. The fourth-order valence-corrected chi connectivity index (χ4v) is 2.01. The molecule has 20 heavy (non-hydrogen) atoms. The third-order valence-corrected chi connectivity index (χ3v) is 3.29. The molecule has 2 aromatic rings. The lowest BCUT2D eigenvalue weighted by Gasteiger charge is -2.05. The quantitative estimate of drug-likeness (QED) is 0.810. The van der Waals surface area contributed by atoms with Crippen LogP contribution in [0, 0.1) is 0 Å². The molecule has 7 nitrogen and oxygen atoms in total. The largest absolute Gasteiger partial charge is 0.768 e. The van der Waals surface area contributed by atoms with Gasteiger partial charge in [-0.05, 0) is 41.4 Å². The van der Waals surface area contributed by atoms with Gasteiger partial charge in [-0.25, -0.2) is 0 Å². The Balaban J connectivity index is 1.88. The van der Waals surface area contributed by atoms with Crippen LogP contribution in [0.25, 0.3) is 17.0 Å². The molecule has 3 rings (SSSR count). The Kier molecular flexibility index (Phi) is 3.32. The topological polar surface area (TPSA) is 103 Å². The van der Waals surface area contributed by atoms with E-state index in [0.717, 1.165) is 5.57 Å². The van der Waals surface area contributed by atoms with Gasteiger partial charge in [-0.15, -0.1) is 0 Å². The molecule has 1 aromatic carbocycles. The molecule has 0 aliphatic carbocycles. The van der Waals surface area contributed by atoms with E-state index < -0.39 is 11.1 Å². The van der Waals surface area contributed by atoms with E-state index in [1.54, 1.807) is 30.6 Å². The molecule has 0 saturated heterocycles. The smallest absolute Gasteiger partial charge is 0.259 e. The predicted octanol–water partition coefficient (Wildman–Crippen LogP) is 0.937. The zero-order valence-corrected chi connectivity index (χ0v) is 10.9. The highest BCUT2D eigenvalue weighted by Gasteiger charge is 2.12. The summed E-state index contributed by atoms with van der Waals surface area (Å²) in [6.07, 6.45) is 5.19. The lowest BCUT2D eigenvalue weighted by molar-refractivity contribution is 0.408. The maximum absolute atomic E-state index is 10.8. The van der Waals surface area contributed by atoms with Crippen LogP contribution in [0.2, 0.25) is 0 Å². The van der Waals surface area contributed by atoms with Gasteiger partial charge >= 0.3 is 0 Å². The lowest BCUT2D eigenvalue weighted by Crippen LogP contribution is -2.23. The van der Waals surface area contributed by atoms with Gasteiger partial charge in [0.2, 0.25) is 5.82 Å². The second-order valence-electron chi connectivity index (χ2n) is 3.90. The van der Waals surface area contributed by atoms with E-state index in [9.17, 15) is 8.76 Å². The Morgan fingerprint density at radius 3 is 2.65 bits per heavy atom. The minimum atomic E-state index is -2.24. The first kappa shape index (κ1) is 12.6. The molecule has 102 valence electrons. The van der Waals surface area contributed by atoms with E-state index in [2.05, 4.69) is 21.0 Å². The van der Waals surface area contributed by atoms with Crippen LogP contribution >= 0.6 is 0 Å². The van der Waals surface area contributed by atoms with Crippen molar-refractivity contribution < 1.29 is 13.3 Å². The van der Waals surface area contributed by atoms with Crippen LogP contribution < -0.4 is 10.9 Å². The highest BCUT2D eigenvalue weighted by molar-refractivity contribution is 7.79. The summed E-state index contributed by atoms with van der Waals surface area (Å²) >= 11 is -2.24. The molecule has 2 heterocycles. The van der Waals surface area contributed by atoms with Gasteiger partial charge in [0.25, 0.3) is 5.89 Å². The standard InChI is InChI=1S/C12H10N4O3S/c17-20(18)10-3-1-8(2-4-10)11-15-12(19-16-11)9-5-6-13-14-7-9/h1-7,13-14H,(H,17,18)/p-1. The molecule has 0 radical (unpaired) electrons. The van der Waals surface area contributed by atoms with Gasteiger partial charge in [-0.1, -0.05) is 5.16 Å². The first-order valence-corrected chi connectivity index (χ1v) is 6.73. The van der Waals surface area contributed by atoms with Crippen molar-refractivity contribution in [1.29, 1.82) is 0 Å². The van der Waals surface area contributed by atoms with Crippen molar-refractivity contribution in [3.63, 3.8) is 0 Å². The highest BCUT2D eigenvalue weighted by atomic mass is 32.2. The molecule has 0 fully saturated rings. The summed E-state index contributed by atoms with van der Waals surface area (Å²) in [5, 5.41) is 3.87. The molecule has 0 saturated carbocycles. The molecule has 2 N–H and O–H groups in total. The number of allylic oxidation sites excluding steroid dienone is 2. The number of hydrazine groups is 1. The van der Waals surface area contributed by atoms with Gasteiger partial charge in [-0.2, -0.15) is 4.98 Å². The molecule has 0 spiro atoms. The van der Waals surface area contributed by atoms with Crippen molar-refractivity contribution in [2.75, 3.05) is 0 Å². The third-order valence-electron chi connectivity index (χ3n) is 2.64. The van der Waals surface area contributed by atoms with Crippen molar-refractivity contribution >= 4 is 16.7 Å². The van der Waals surface area contributed by atoms with Gasteiger partial charge in [0.15, 0.2) is 0 Å². The summed E-state index contributed by atoms with van der Waals surface area (Å²) in [6, 6.07) is 6.23. The molecule has 1 aliphatic rings. The van der Waals surface area contributed by atoms with Crippen molar-refractivity contribution in [3.05, 3.63) is 48.6 Å². The SMILES string of the molecule is O=S([O-])c1ccc(-c2noc(C3=CNNC=C3)n2)cc1. The zero-order valence-electron chi connectivity index (χ0n) is 10.1. The van der Waals surface area contributed by atoms with Crippen LogP contribution in [0.3, 0.4) is 0 Å². The molecule has 1 atom stereocenters. The van der Waals surface area contributed by atoms with Crippen molar-refractivity contribution in [2.45, 2.75) is 4.90 Å². The number of hydrogen-bond acceptors (Lipinski definition) is 7. The Hall–Kier alpha value is -2.45. The Labute approximate surface area is 116 Å². The van der Waals surface area contributed by atoms with E-state index >= 15 is 0 Å². The summed E-state index contributed by atoms with van der Waals surface area (Å²) in [6.45, 7) is 0. The van der Waals surface area contributed by atoms with E-state index in [4.69, 9.17) is 4.52 Å². The van der Waals surface area contributed by atoms with Gasteiger partial charge in [0, 0.05) is 22.9 Å². The number of rotatable bonds is 3. The van der Waals surface area contributed by atoms with Crippen molar-refractivity contribution in [3.8, 4) is 11.4 Å². The first-order valence-electron chi connectivity index (χ1n) is 5.65. The molecule has 0 amide bonds. The zero-order chi connectivity index (χ0) is 13.9. The summed E-state index contributed by atoms with van der Waals surface area (Å²) in [5.74, 6) is 0.776. The van der Waals surface area contributed by atoms with E-state index in [1.165, 1.54) is 12.1 Å². The minimum absolute atomic E-state index is 0.214. The van der Waals surface area contributed by atoms with E-state index in [0.29, 0.717) is 17.3 Å². The number of nitrogens with one attached hydrogen (secondary N) is 2. The monoisotopic (exact) mass is 289 g/mol. The number of hydrogen-bond donors (Lipinski definition) is 2. The number of nitrogens with zero attached hydrogens (tertiary/aromatic N) is 2. The van der Waals surface area contributed by atoms with Crippen LogP contribution in [0.4, 0.5) is 0 Å². The molecular formula is C12H9N4O3S-. The average molecular weight is 289 g/mol. The highest BCUT2D eigenvalue weighted by Crippen LogP contribution is 2.21. The van der Waals surface area contributed by atoms with Gasteiger partial charge < -0.3 is 19.9 Å². The van der Waals surface area contributed by atoms with Gasteiger partial charge in [0.05, 0.1) is 5.57 Å². The molecule has 1 aliphatic heterocycles. The van der Waals surface area contributed by atoms with Gasteiger partial charge in [0.1, 0.15) is 0 Å². The van der Waals surface area contributed by atoms with Crippen LogP contribution in [-0.4, -0.2) is 18.9 Å². The summed E-state index contributed by atoms with van der Waals surface area (Å²) in [7, 11) is 0. The van der Waals surface area contributed by atoms with E-state index in [-0.39, 0.29) is 4.90 Å². The molecule has 8 heteroatoms. The summed E-state index contributed by atoms with van der Waals surface area (Å²) in [4.78, 5) is 4.47. The average Bonchev–Trinajstić information content (AvgIpc) is 2.98. The third kappa shape index (κ3) is 2.46. The van der Waals surface area contributed by atoms with Crippen LogP contribution in [0.15, 0.2) is 52.2 Å². The Morgan fingerprint density at radius 1 is 1.20 bits per heavy atom. The minimum Gasteiger partial charge on any atom is -0.768 e. The van der Waals surface area contributed by atoms with Crippen LogP contribution in [0.5, 0.6) is 0 Å². The molecule has 1 aromatic heterocycles. The van der Waals surface area contributed by atoms with E-state index in [1.807, 2.05) is 0 Å². The Bertz CT molecular complexity index is 706. The summed E-state index contributed by atoms with van der Waals surface area (Å²) in [5.41, 5.74) is 7.02. The maximum Gasteiger partial charge on any atom is 0.259 e. The molecular weight excluding hydrogens is 280 g/mol. The number of benzene rings is 1. The molecule has 1 unspecified atom stereocenters. The second-order valence-corrected chi connectivity index (χ2v) is 4.84. The first-order chi connectivity index (χ1) is 9.74. The van der Waals surface area contributed by atoms with Crippen LogP contribution in [-0.2, 0) is 11.1 Å². The second kappa shape index (κ2) is 5.27. The van der Waals surface area contributed by atoms with Crippen molar-refractivity contribution in [1.82, 2.24) is 21.0 Å². The number of aromatic nitrogens is 2.